The predicted octanol–water partition coefficient (Wildman–Crippen LogP) is 3.07. The number of cyclic esters (lactones) is 1. The Balaban J connectivity index is 2.37. The zero-order chi connectivity index (χ0) is 18.0. The molecule has 0 saturated carbocycles. The average molecular weight is 356 g/mol. The summed E-state index contributed by atoms with van der Waals surface area (Å²) in [5, 5.41) is 0. The SMILES string of the molecule is CC[C@]1(C(=O)N2CCC[C@H]2COC)CCC(=O)OCC1[Si](C)(C)C. The molecule has 0 N–H and O–H groups in total. The normalized spacial score (nSPS) is 31.7. The number of hydrogen-bond acceptors (Lipinski definition) is 4. The van der Waals surface area contributed by atoms with Gasteiger partial charge < -0.3 is 14.4 Å². The van der Waals surface area contributed by atoms with Crippen molar-refractivity contribution in [1.82, 2.24) is 4.90 Å². The molecule has 0 spiro atoms. The maximum atomic E-state index is 13.7. The van der Waals surface area contributed by atoms with E-state index in [1.807, 2.05) is 4.90 Å². The summed E-state index contributed by atoms with van der Waals surface area (Å²) in [5.74, 6) is 0.0755. The number of nitrogens with zero attached hydrogens (tertiary/aromatic N) is 1. The van der Waals surface area contributed by atoms with Gasteiger partial charge in [0.05, 0.1) is 32.7 Å². The number of carbonyl (C=O) groups excluding carboxylic acids is 2. The molecule has 3 atom stereocenters. The van der Waals surface area contributed by atoms with Crippen molar-refractivity contribution in [1.29, 1.82) is 0 Å². The Kier molecular flexibility index (Phi) is 6.12. The van der Waals surface area contributed by atoms with Crippen LogP contribution in [-0.2, 0) is 19.1 Å². The van der Waals surface area contributed by atoms with Gasteiger partial charge in [-0.25, -0.2) is 0 Å². The minimum Gasteiger partial charge on any atom is -0.466 e. The predicted molar refractivity (Wildman–Crippen MR) is 96.6 cm³/mol. The molecule has 2 saturated heterocycles. The Morgan fingerprint density at radius 1 is 1.42 bits per heavy atom. The molecule has 0 bridgehead atoms. The first-order valence-electron chi connectivity index (χ1n) is 9.22. The maximum absolute atomic E-state index is 13.7. The molecule has 1 amide bonds. The Morgan fingerprint density at radius 2 is 2.12 bits per heavy atom. The van der Waals surface area contributed by atoms with E-state index < -0.39 is 13.5 Å². The summed E-state index contributed by atoms with van der Waals surface area (Å²) in [5.41, 5.74) is -0.301. The van der Waals surface area contributed by atoms with E-state index in [9.17, 15) is 9.59 Å². The third kappa shape index (κ3) is 3.69. The second-order valence-electron chi connectivity index (χ2n) is 8.36. The van der Waals surface area contributed by atoms with Gasteiger partial charge in [0.15, 0.2) is 0 Å². The Labute approximate surface area is 147 Å². The molecule has 138 valence electrons. The fourth-order valence-corrected chi connectivity index (χ4v) is 7.28. The number of carbonyl (C=O) groups is 2. The van der Waals surface area contributed by atoms with Crippen LogP contribution in [0.5, 0.6) is 0 Å². The monoisotopic (exact) mass is 355 g/mol. The molecule has 2 aliphatic heterocycles. The van der Waals surface area contributed by atoms with Crippen molar-refractivity contribution in [2.45, 2.75) is 70.3 Å². The molecule has 5 nitrogen and oxygen atoms in total. The van der Waals surface area contributed by atoms with Crippen molar-refractivity contribution in [3.63, 3.8) is 0 Å². The lowest BCUT2D eigenvalue weighted by atomic mass is 9.76. The molecular formula is C18H33NO4Si. The van der Waals surface area contributed by atoms with Gasteiger partial charge >= 0.3 is 5.97 Å². The number of rotatable bonds is 5. The average Bonchev–Trinajstić information content (AvgIpc) is 2.89. The quantitative estimate of drug-likeness (QED) is 0.562. The van der Waals surface area contributed by atoms with Crippen molar-refractivity contribution in [3.05, 3.63) is 0 Å². The Bertz CT molecular complexity index is 476. The second-order valence-corrected chi connectivity index (χ2v) is 13.8. The van der Waals surface area contributed by atoms with Gasteiger partial charge in [-0.2, -0.15) is 0 Å². The molecule has 2 fully saturated rings. The minimum atomic E-state index is -1.68. The number of hydrogen-bond donors (Lipinski definition) is 0. The summed E-state index contributed by atoms with van der Waals surface area (Å²) in [6.07, 6.45) is 3.78. The number of likely N-dealkylation sites (tertiary alicyclic amines) is 1. The Hall–Kier alpha value is -0.883. The van der Waals surface area contributed by atoms with Crippen LogP contribution in [0.2, 0.25) is 25.2 Å². The van der Waals surface area contributed by atoms with E-state index in [0.29, 0.717) is 26.1 Å². The summed E-state index contributed by atoms with van der Waals surface area (Å²) in [6.45, 7) is 10.8. The van der Waals surface area contributed by atoms with Crippen LogP contribution in [0.1, 0.15) is 39.0 Å². The minimum absolute atomic E-state index is 0.156. The van der Waals surface area contributed by atoms with E-state index in [0.717, 1.165) is 25.8 Å². The van der Waals surface area contributed by atoms with Gasteiger partial charge in [-0.1, -0.05) is 26.6 Å². The highest BCUT2D eigenvalue weighted by molar-refractivity contribution is 6.78. The lowest BCUT2D eigenvalue weighted by Gasteiger charge is -2.45. The summed E-state index contributed by atoms with van der Waals surface area (Å²) in [7, 11) is 0.00923. The van der Waals surface area contributed by atoms with E-state index in [4.69, 9.17) is 9.47 Å². The van der Waals surface area contributed by atoms with E-state index in [-0.39, 0.29) is 23.5 Å². The molecule has 2 aliphatic rings. The van der Waals surface area contributed by atoms with Crippen molar-refractivity contribution in [3.8, 4) is 0 Å². The highest BCUT2D eigenvalue weighted by Gasteiger charge is 2.53. The molecule has 6 heteroatoms. The smallest absolute Gasteiger partial charge is 0.305 e. The van der Waals surface area contributed by atoms with Gasteiger partial charge in [-0.05, 0) is 25.7 Å². The summed E-state index contributed by atoms with van der Waals surface area (Å²) < 4.78 is 10.8. The first-order valence-corrected chi connectivity index (χ1v) is 12.8. The molecular weight excluding hydrogens is 322 g/mol. The lowest BCUT2D eigenvalue weighted by Crippen LogP contribution is -2.54. The third-order valence-electron chi connectivity index (χ3n) is 5.95. The highest BCUT2D eigenvalue weighted by atomic mass is 28.3. The molecule has 1 unspecified atom stereocenters. The van der Waals surface area contributed by atoms with Gasteiger partial charge in [0, 0.05) is 25.6 Å². The van der Waals surface area contributed by atoms with Crippen LogP contribution in [0.25, 0.3) is 0 Å². The molecule has 0 aliphatic carbocycles. The van der Waals surface area contributed by atoms with Crippen LogP contribution in [0.15, 0.2) is 0 Å². The first kappa shape index (κ1) is 19.4. The van der Waals surface area contributed by atoms with E-state index in [2.05, 4.69) is 26.6 Å². The standard InChI is InChI=1S/C18H33NO4Si/c1-6-18(17(21)19-11-7-8-14(19)12-22-2)10-9-16(20)23-13-15(18)24(3,4)5/h14-15H,6-13H2,1-5H3/t14-,15?,18-/m0/s1. The molecule has 2 heterocycles. The fraction of sp³-hybridized carbons (Fsp3) is 0.889. The van der Waals surface area contributed by atoms with E-state index >= 15 is 0 Å². The largest absolute Gasteiger partial charge is 0.466 e. The Morgan fingerprint density at radius 3 is 2.71 bits per heavy atom. The van der Waals surface area contributed by atoms with E-state index in [1.54, 1.807) is 7.11 Å². The number of ether oxygens (including phenoxy) is 2. The van der Waals surface area contributed by atoms with Gasteiger partial charge in [-0.15, -0.1) is 0 Å². The summed E-state index contributed by atoms with van der Waals surface area (Å²) in [4.78, 5) is 27.6. The van der Waals surface area contributed by atoms with Crippen LogP contribution in [0.3, 0.4) is 0 Å². The second kappa shape index (κ2) is 7.56. The van der Waals surface area contributed by atoms with Crippen LogP contribution in [-0.4, -0.2) is 57.8 Å². The topological polar surface area (TPSA) is 55.8 Å². The fourth-order valence-electron chi connectivity index (χ4n) is 4.57. The first-order chi connectivity index (χ1) is 11.3. The van der Waals surface area contributed by atoms with Crippen molar-refractivity contribution >= 4 is 20.0 Å². The summed E-state index contributed by atoms with van der Waals surface area (Å²) >= 11 is 0. The zero-order valence-corrected chi connectivity index (χ0v) is 16.9. The highest BCUT2D eigenvalue weighted by Crippen LogP contribution is 2.50. The van der Waals surface area contributed by atoms with Gasteiger partial charge in [0.2, 0.25) is 5.91 Å². The molecule has 24 heavy (non-hydrogen) atoms. The number of methoxy groups -OCH3 is 1. The lowest BCUT2D eigenvalue weighted by molar-refractivity contribution is -0.145. The van der Waals surface area contributed by atoms with Gasteiger partial charge in [0.25, 0.3) is 0 Å². The maximum Gasteiger partial charge on any atom is 0.305 e. The third-order valence-corrected chi connectivity index (χ3v) is 8.76. The van der Waals surface area contributed by atoms with Crippen molar-refractivity contribution in [2.75, 3.05) is 26.9 Å². The van der Waals surface area contributed by atoms with Crippen molar-refractivity contribution in [2.24, 2.45) is 5.41 Å². The van der Waals surface area contributed by atoms with E-state index in [1.165, 1.54) is 0 Å². The van der Waals surface area contributed by atoms with Crippen LogP contribution in [0, 0.1) is 5.41 Å². The van der Waals surface area contributed by atoms with Gasteiger partial charge in [0.1, 0.15) is 0 Å². The summed E-state index contributed by atoms with van der Waals surface area (Å²) in [6, 6.07) is 0.174. The zero-order valence-electron chi connectivity index (χ0n) is 15.9. The molecule has 0 aromatic carbocycles. The number of esters is 1. The number of amides is 1. The molecule has 0 radical (unpaired) electrons. The van der Waals surface area contributed by atoms with Gasteiger partial charge in [-0.3, -0.25) is 9.59 Å². The molecule has 0 aromatic rings. The molecule has 0 aromatic heterocycles. The van der Waals surface area contributed by atoms with Crippen LogP contribution in [0.4, 0.5) is 0 Å². The van der Waals surface area contributed by atoms with Crippen LogP contribution < -0.4 is 0 Å². The van der Waals surface area contributed by atoms with Crippen molar-refractivity contribution < 1.29 is 19.1 Å². The molecule has 2 rings (SSSR count). The van der Waals surface area contributed by atoms with Crippen LogP contribution >= 0.6 is 0 Å².